The first-order chi connectivity index (χ1) is 9.54. The van der Waals surface area contributed by atoms with Gasteiger partial charge in [-0.05, 0) is 25.7 Å². The number of aliphatic carboxylic acids is 1. The monoisotopic (exact) mass is 280 g/mol. The molecule has 110 valence electrons. The Morgan fingerprint density at radius 2 is 2.30 bits per heavy atom. The summed E-state index contributed by atoms with van der Waals surface area (Å²) in [5.41, 5.74) is 0. The number of hydrogen-bond acceptors (Lipinski definition) is 3. The quantitative estimate of drug-likeness (QED) is 0.772. The first-order valence-corrected chi connectivity index (χ1v) is 6.77. The lowest BCUT2D eigenvalue weighted by Crippen LogP contribution is -2.47. The van der Waals surface area contributed by atoms with Crippen LogP contribution in [-0.2, 0) is 11.3 Å². The maximum Gasteiger partial charge on any atom is 0.323 e. The molecule has 7 nitrogen and oxygen atoms in total. The lowest BCUT2D eigenvalue weighted by Gasteiger charge is -2.24. The number of rotatable bonds is 7. The van der Waals surface area contributed by atoms with Gasteiger partial charge in [-0.3, -0.25) is 4.79 Å². The van der Waals surface area contributed by atoms with Gasteiger partial charge < -0.3 is 19.9 Å². The first kappa shape index (κ1) is 14.4. The highest BCUT2D eigenvalue weighted by molar-refractivity contribution is 5.80. The molecule has 1 aliphatic carbocycles. The summed E-state index contributed by atoms with van der Waals surface area (Å²) in [7, 11) is 0. The predicted molar refractivity (Wildman–Crippen MR) is 72.2 cm³/mol. The van der Waals surface area contributed by atoms with E-state index in [1.165, 1.54) is 4.90 Å². The smallest absolute Gasteiger partial charge is 0.323 e. The summed E-state index contributed by atoms with van der Waals surface area (Å²) in [5.74, 6) is -0.521. The highest BCUT2D eigenvalue weighted by atomic mass is 16.4. The van der Waals surface area contributed by atoms with E-state index in [1.807, 2.05) is 17.7 Å². The molecule has 0 spiro atoms. The van der Waals surface area contributed by atoms with E-state index in [2.05, 4.69) is 10.3 Å². The van der Waals surface area contributed by atoms with Crippen molar-refractivity contribution in [2.45, 2.75) is 32.4 Å². The molecule has 1 atom stereocenters. The number of urea groups is 1. The van der Waals surface area contributed by atoms with Crippen molar-refractivity contribution in [2.24, 2.45) is 5.92 Å². The minimum Gasteiger partial charge on any atom is -0.480 e. The summed E-state index contributed by atoms with van der Waals surface area (Å²) < 4.78 is 1.87. The van der Waals surface area contributed by atoms with Crippen LogP contribution in [0.1, 0.15) is 19.8 Å². The van der Waals surface area contributed by atoms with E-state index in [4.69, 9.17) is 5.11 Å². The fourth-order valence-electron chi connectivity index (χ4n) is 2.05. The van der Waals surface area contributed by atoms with Gasteiger partial charge in [-0.1, -0.05) is 0 Å². The lowest BCUT2D eigenvalue weighted by molar-refractivity contribution is -0.137. The van der Waals surface area contributed by atoms with Crippen LogP contribution in [0.5, 0.6) is 0 Å². The summed E-state index contributed by atoms with van der Waals surface area (Å²) in [5, 5.41) is 11.7. The van der Waals surface area contributed by atoms with Crippen LogP contribution in [0.2, 0.25) is 0 Å². The Bertz CT molecular complexity index is 456. The Morgan fingerprint density at radius 1 is 1.55 bits per heavy atom. The van der Waals surface area contributed by atoms with Crippen LogP contribution in [0.4, 0.5) is 4.79 Å². The zero-order chi connectivity index (χ0) is 14.5. The van der Waals surface area contributed by atoms with Gasteiger partial charge in [-0.2, -0.15) is 0 Å². The maximum atomic E-state index is 12.1. The molecule has 1 fully saturated rings. The molecule has 1 aromatic rings. The molecule has 0 aliphatic heterocycles. The SMILES string of the molecule is CC(Cn1ccnc1)NC(=O)N(CC(=O)O)CC1CC1. The van der Waals surface area contributed by atoms with Crippen molar-refractivity contribution in [2.75, 3.05) is 13.1 Å². The Kier molecular flexibility index (Phi) is 4.60. The largest absolute Gasteiger partial charge is 0.480 e. The highest BCUT2D eigenvalue weighted by Crippen LogP contribution is 2.29. The lowest BCUT2D eigenvalue weighted by atomic mass is 10.3. The van der Waals surface area contributed by atoms with E-state index < -0.39 is 5.97 Å². The van der Waals surface area contributed by atoms with Crippen LogP contribution in [-0.4, -0.2) is 50.7 Å². The van der Waals surface area contributed by atoms with E-state index in [1.54, 1.807) is 12.5 Å². The number of carbonyl (C=O) groups is 2. The third kappa shape index (κ3) is 4.56. The summed E-state index contributed by atoms with van der Waals surface area (Å²) in [6.45, 7) is 2.76. The van der Waals surface area contributed by atoms with Gasteiger partial charge in [0.25, 0.3) is 0 Å². The van der Waals surface area contributed by atoms with Gasteiger partial charge in [0.2, 0.25) is 0 Å². The average molecular weight is 280 g/mol. The van der Waals surface area contributed by atoms with E-state index in [0.717, 1.165) is 12.8 Å². The number of amides is 2. The van der Waals surface area contributed by atoms with Crippen molar-refractivity contribution in [3.8, 4) is 0 Å². The number of aromatic nitrogens is 2. The molecule has 2 rings (SSSR count). The van der Waals surface area contributed by atoms with Gasteiger partial charge in [0, 0.05) is 31.5 Å². The molecule has 0 saturated heterocycles. The zero-order valence-electron chi connectivity index (χ0n) is 11.5. The molecule has 20 heavy (non-hydrogen) atoms. The minimum atomic E-state index is -0.983. The second kappa shape index (κ2) is 6.40. The van der Waals surface area contributed by atoms with E-state index in [0.29, 0.717) is 19.0 Å². The number of carbonyl (C=O) groups excluding carboxylic acids is 1. The second-order valence-corrected chi connectivity index (χ2v) is 5.33. The van der Waals surface area contributed by atoms with Crippen molar-refractivity contribution in [3.63, 3.8) is 0 Å². The van der Waals surface area contributed by atoms with Gasteiger partial charge in [-0.25, -0.2) is 9.78 Å². The van der Waals surface area contributed by atoms with Gasteiger partial charge in [0.15, 0.2) is 0 Å². The van der Waals surface area contributed by atoms with Crippen molar-refractivity contribution in [1.29, 1.82) is 0 Å². The molecule has 7 heteroatoms. The fraction of sp³-hybridized carbons (Fsp3) is 0.615. The van der Waals surface area contributed by atoms with Crippen LogP contribution in [0.25, 0.3) is 0 Å². The molecular formula is C13H20N4O3. The van der Waals surface area contributed by atoms with E-state index in [-0.39, 0.29) is 18.6 Å². The third-order valence-corrected chi connectivity index (χ3v) is 3.20. The van der Waals surface area contributed by atoms with Gasteiger partial charge in [0.1, 0.15) is 6.54 Å². The minimum absolute atomic E-state index is 0.0906. The van der Waals surface area contributed by atoms with Crippen molar-refractivity contribution < 1.29 is 14.7 Å². The Hall–Kier alpha value is -2.05. The van der Waals surface area contributed by atoms with Gasteiger partial charge in [0.05, 0.1) is 6.33 Å². The van der Waals surface area contributed by atoms with Crippen molar-refractivity contribution in [3.05, 3.63) is 18.7 Å². The second-order valence-electron chi connectivity index (χ2n) is 5.33. The highest BCUT2D eigenvalue weighted by Gasteiger charge is 2.28. The topological polar surface area (TPSA) is 87.5 Å². The normalized spacial score (nSPS) is 15.7. The number of carboxylic acid groups (broad SMARTS) is 1. The summed E-state index contributed by atoms with van der Waals surface area (Å²) in [4.78, 5) is 28.2. The fourth-order valence-corrected chi connectivity index (χ4v) is 2.05. The average Bonchev–Trinajstić information content (AvgIpc) is 3.03. The zero-order valence-corrected chi connectivity index (χ0v) is 11.5. The van der Waals surface area contributed by atoms with Crippen LogP contribution >= 0.6 is 0 Å². The number of nitrogens with zero attached hydrogens (tertiary/aromatic N) is 3. The number of nitrogens with one attached hydrogen (secondary N) is 1. The molecule has 1 aromatic heterocycles. The molecule has 2 N–H and O–H groups in total. The standard InChI is InChI=1S/C13H20N4O3/c1-10(6-16-5-4-14-9-16)15-13(20)17(8-12(18)19)7-11-2-3-11/h4-5,9-11H,2-3,6-8H2,1H3,(H,15,20)(H,18,19). The maximum absolute atomic E-state index is 12.1. The molecule has 0 aromatic carbocycles. The Morgan fingerprint density at radius 3 is 2.85 bits per heavy atom. The molecule has 2 amide bonds. The molecule has 1 heterocycles. The summed E-state index contributed by atoms with van der Waals surface area (Å²) in [6, 6.07) is -0.404. The molecule has 1 aliphatic rings. The summed E-state index contributed by atoms with van der Waals surface area (Å²) >= 11 is 0. The molecule has 1 saturated carbocycles. The third-order valence-electron chi connectivity index (χ3n) is 3.20. The number of carboxylic acids is 1. The van der Waals surface area contributed by atoms with E-state index in [9.17, 15) is 9.59 Å². The van der Waals surface area contributed by atoms with Crippen LogP contribution in [0.15, 0.2) is 18.7 Å². The predicted octanol–water partition coefficient (Wildman–Crippen LogP) is 0.778. The van der Waals surface area contributed by atoms with Crippen LogP contribution in [0, 0.1) is 5.92 Å². The number of hydrogen-bond donors (Lipinski definition) is 2. The Labute approximate surface area is 117 Å². The van der Waals surface area contributed by atoms with Crippen LogP contribution in [0.3, 0.4) is 0 Å². The number of imidazole rings is 1. The molecule has 0 bridgehead atoms. The molecule has 0 radical (unpaired) electrons. The van der Waals surface area contributed by atoms with Gasteiger partial charge in [-0.15, -0.1) is 0 Å². The molecular weight excluding hydrogens is 260 g/mol. The van der Waals surface area contributed by atoms with Crippen LogP contribution < -0.4 is 5.32 Å². The Balaban J connectivity index is 1.84. The first-order valence-electron chi connectivity index (χ1n) is 6.77. The van der Waals surface area contributed by atoms with Gasteiger partial charge >= 0.3 is 12.0 Å². The van der Waals surface area contributed by atoms with Crippen molar-refractivity contribution >= 4 is 12.0 Å². The van der Waals surface area contributed by atoms with E-state index >= 15 is 0 Å². The van der Waals surface area contributed by atoms with Crippen molar-refractivity contribution in [1.82, 2.24) is 19.8 Å². The molecule has 1 unspecified atom stereocenters. The summed E-state index contributed by atoms with van der Waals surface area (Å²) in [6.07, 6.45) is 7.34.